The second-order valence-electron chi connectivity index (χ2n) is 9.63. The van der Waals surface area contributed by atoms with Gasteiger partial charge in [0.1, 0.15) is 17.3 Å². The molecular formula is C32H28ClFN2O4. The van der Waals surface area contributed by atoms with Gasteiger partial charge >= 0.3 is 0 Å². The maximum Gasteiger partial charge on any atom is 0.255 e. The summed E-state index contributed by atoms with van der Waals surface area (Å²) in [6, 6.07) is 23.2. The molecule has 1 N–H and O–H groups in total. The average Bonchev–Trinajstić information content (AvgIpc) is 2.97. The lowest BCUT2D eigenvalue weighted by Crippen LogP contribution is -2.45. The molecule has 0 fully saturated rings. The first-order valence-electron chi connectivity index (χ1n) is 12.7. The Morgan fingerprint density at radius 2 is 1.68 bits per heavy atom. The minimum absolute atomic E-state index is 0.178. The molecule has 2 amide bonds. The molecule has 204 valence electrons. The molecule has 4 aromatic carbocycles. The third-order valence-corrected chi connectivity index (χ3v) is 7.59. The molecule has 0 aliphatic carbocycles. The number of hydrogen-bond donors (Lipinski definition) is 1. The number of ether oxygens (including phenoxy) is 2. The molecule has 40 heavy (non-hydrogen) atoms. The summed E-state index contributed by atoms with van der Waals surface area (Å²) < 4.78 is 24.5. The van der Waals surface area contributed by atoms with Crippen molar-refractivity contribution in [3.05, 3.63) is 124 Å². The quantitative estimate of drug-likeness (QED) is 0.267. The molecule has 5 rings (SSSR count). The number of aryl methyl sites for hydroxylation is 1. The highest BCUT2D eigenvalue weighted by atomic mass is 35.5. The molecule has 8 heteroatoms. The van der Waals surface area contributed by atoms with Gasteiger partial charge in [-0.2, -0.15) is 0 Å². The molecule has 0 aromatic heterocycles. The van der Waals surface area contributed by atoms with E-state index in [0.717, 1.165) is 16.7 Å². The summed E-state index contributed by atoms with van der Waals surface area (Å²) in [7, 11) is 3.09. The van der Waals surface area contributed by atoms with Crippen LogP contribution >= 0.6 is 11.6 Å². The zero-order valence-electron chi connectivity index (χ0n) is 22.3. The third kappa shape index (κ3) is 5.25. The van der Waals surface area contributed by atoms with Crippen LogP contribution in [-0.4, -0.2) is 30.9 Å². The minimum atomic E-state index is -0.775. The number of amides is 2. The maximum atomic E-state index is 14.2. The van der Waals surface area contributed by atoms with Gasteiger partial charge in [-0.15, -0.1) is 0 Å². The largest absolute Gasteiger partial charge is 0.497 e. The number of rotatable bonds is 7. The van der Waals surface area contributed by atoms with Gasteiger partial charge in [-0.1, -0.05) is 54.1 Å². The summed E-state index contributed by atoms with van der Waals surface area (Å²) >= 11 is 6.30. The average molecular weight is 559 g/mol. The zero-order valence-corrected chi connectivity index (χ0v) is 23.0. The number of benzene rings is 4. The molecule has 1 heterocycles. The van der Waals surface area contributed by atoms with E-state index < -0.39 is 12.0 Å². The molecule has 0 saturated carbocycles. The van der Waals surface area contributed by atoms with Gasteiger partial charge in [-0.3, -0.25) is 9.59 Å². The Morgan fingerprint density at radius 1 is 0.975 bits per heavy atom. The van der Waals surface area contributed by atoms with Crippen molar-refractivity contribution in [3.8, 4) is 11.5 Å². The van der Waals surface area contributed by atoms with Crippen molar-refractivity contribution in [2.75, 3.05) is 19.5 Å². The van der Waals surface area contributed by atoms with Crippen LogP contribution in [0.1, 0.15) is 44.6 Å². The van der Waals surface area contributed by atoms with Crippen LogP contribution in [0, 0.1) is 12.7 Å². The third-order valence-electron chi connectivity index (χ3n) is 7.18. The highest BCUT2D eigenvalue weighted by molar-refractivity contribution is 6.31. The van der Waals surface area contributed by atoms with Crippen molar-refractivity contribution in [2.45, 2.75) is 25.4 Å². The van der Waals surface area contributed by atoms with E-state index in [1.165, 1.54) is 19.2 Å². The molecule has 0 radical (unpaired) electrons. The number of nitrogens with one attached hydrogen (secondary N) is 1. The predicted octanol–water partition coefficient (Wildman–Crippen LogP) is 6.92. The number of methoxy groups -OCH3 is 2. The summed E-state index contributed by atoms with van der Waals surface area (Å²) in [6.45, 7) is 2.02. The number of fused-ring (bicyclic) bond motifs is 1. The Bertz CT molecular complexity index is 1560. The fraction of sp³-hybridized carbons (Fsp3) is 0.188. The fourth-order valence-corrected chi connectivity index (χ4v) is 5.30. The van der Waals surface area contributed by atoms with Gasteiger partial charge in [0.15, 0.2) is 0 Å². The van der Waals surface area contributed by atoms with Crippen molar-refractivity contribution in [2.24, 2.45) is 0 Å². The molecule has 0 bridgehead atoms. The second-order valence-corrected chi connectivity index (χ2v) is 10.0. The number of halogens is 2. The molecule has 2 atom stereocenters. The molecule has 6 nitrogen and oxygen atoms in total. The van der Waals surface area contributed by atoms with E-state index >= 15 is 0 Å². The second kappa shape index (κ2) is 11.4. The Morgan fingerprint density at radius 3 is 2.35 bits per heavy atom. The monoisotopic (exact) mass is 558 g/mol. The first-order valence-corrected chi connectivity index (χ1v) is 13.1. The Hall–Kier alpha value is -4.36. The van der Waals surface area contributed by atoms with E-state index in [1.54, 1.807) is 60.5 Å². The number of hydrogen-bond acceptors (Lipinski definition) is 4. The Kier molecular flexibility index (Phi) is 7.76. The molecule has 1 aliphatic heterocycles. The standard InChI is InChI=1S/C32H28ClFN2O4/c1-19-16-27(28(40-3)17-26(19)33)35-31(37)29-24-6-4-5-7-25(24)32(38)36(18-20-8-12-22(34)13-9-20)30(29)21-10-14-23(39-2)15-11-21/h4-17,29-30H,18H2,1-3H3,(H,35,37)/t29-,30-/m0/s1. The van der Waals surface area contributed by atoms with Crippen molar-refractivity contribution in [1.29, 1.82) is 0 Å². The van der Waals surface area contributed by atoms with Gasteiger partial charge in [-0.05, 0) is 65.6 Å². The van der Waals surface area contributed by atoms with E-state index in [1.807, 2.05) is 31.2 Å². The highest BCUT2D eigenvalue weighted by Gasteiger charge is 2.44. The number of carbonyl (C=O) groups is 2. The van der Waals surface area contributed by atoms with Crippen molar-refractivity contribution >= 4 is 29.1 Å². The van der Waals surface area contributed by atoms with Crippen LogP contribution in [0.25, 0.3) is 0 Å². The summed E-state index contributed by atoms with van der Waals surface area (Å²) in [6.07, 6.45) is 0. The maximum absolute atomic E-state index is 14.2. The van der Waals surface area contributed by atoms with Gasteiger partial charge < -0.3 is 19.7 Å². The predicted molar refractivity (Wildman–Crippen MR) is 153 cm³/mol. The zero-order chi connectivity index (χ0) is 28.4. The molecule has 0 saturated heterocycles. The first kappa shape index (κ1) is 27.2. The SMILES string of the molecule is COc1ccc([C@H]2[C@@H](C(=O)Nc3cc(C)c(Cl)cc3OC)c3ccccc3C(=O)N2Cc2ccc(F)cc2)cc1. The fourth-order valence-electron chi connectivity index (χ4n) is 5.15. The lowest BCUT2D eigenvalue weighted by molar-refractivity contribution is -0.119. The highest BCUT2D eigenvalue weighted by Crippen LogP contribution is 2.45. The Balaban J connectivity index is 1.64. The topological polar surface area (TPSA) is 67.9 Å². The van der Waals surface area contributed by atoms with E-state index in [2.05, 4.69) is 5.32 Å². The van der Waals surface area contributed by atoms with Gasteiger partial charge in [0.05, 0.1) is 31.9 Å². The van der Waals surface area contributed by atoms with E-state index in [-0.39, 0.29) is 24.2 Å². The minimum Gasteiger partial charge on any atom is -0.497 e. The van der Waals surface area contributed by atoms with E-state index in [4.69, 9.17) is 21.1 Å². The molecule has 0 spiro atoms. The van der Waals surface area contributed by atoms with Gasteiger partial charge in [0, 0.05) is 23.2 Å². The summed E-state index contributed by atoms with van der Waals surface area (Å²) in [5.41, 5.74) is 3.80. The van der Waals surface area contributed by atoms with Crippen molar-refractivity contribution in [3.63, 3.8) is 0 Å². The van der Waals surface area contributed by atoms with Crippen LogP contribution in [0.5, 0.6) is 11.5 Å². The van der Waals surface area contributed by atoms with Crippen LogP contribution in [0.15, 0.2) is 84.9 Å². The molecule has 1 aliphatic rings. The lowest BCUT2D eigenvalue weighted by atomic mass is 9.79. The Labute approximate surface area is 237 Å². The van der Waals surface area contributed by atoms with Crippen molar-refractivity contribution in [1.82, 2.24) is 4.90 Å². The van der Waals surface area contributed by atoms with Crippen LogP contribution in [0.4, 0.5) is 10.1 Å². The van der Waals surface area contributed by atoms with Gasteiger partial charge in [0.25, 0.3) is 5.91 Å². The van der Waals surface area contributed by atoms with Crippen molar-refractivity contribution < 1.29 is 23.5 Å². The number of nitrogens with zero attached hydrogens (tertiary/aromatic N) is 1. The van der Waals surface area contributed by atoms with E-state index in [9.17, 15) is 14.0 Å². The normalized spacial score (nSPS) is 16.3. The first-order chi connectivity index (χ1) is 19.3. The molecule has 0 unspecified atom stereocenters. The summed E-state index contributed by atoms with van der Waals surface area (Å²) in [5.74, 6) is -0.597. The number of anilines is 1. The smallest absolute Gasteiger partial charge is 0.255 e. The van der Waals surface area contributed by atoms with Crippen LogP contribution in [-0.2, 0) is 11.3 Å². The van der Waals surface area contributed by atoms with Crippen LogP contribution < -0.4 is 14.8 Å². The van der Waals surface area contributed by atoms with Crippen LogP contribution in [0.3, 0.4) is 0 Å². The van der Waals surface area contributed by atoms with Gasteiger partial charge in [-0.25, -0.2) is 4.39 Å². The molecular weight excluding hydrogens is 531 g/mol. The summed E-state index contributed by atoms with van der Waals surface area (Å²) in [4.78, 5) is 29.9. The van der Waals surface area contributed by atoms with E-state index in [0.29, 0.717) is 33.3 Å². The number of carbonyl (C=O) groups excluding carboxylic acids is 2. The van der Waals surface area contributed by atoms with Gasteiger partial charge in [0.2, 0.25) is 5.91 Å². The lowest BCUT2D eigenvalue weighted by Gasteiger charge is -2.42. The summed E-state index contributed by atoms with van der Waals surface area (Å²) in [5, 5.41) is 3.55. The van der Waals surface area contributed by atoms with Crippen LogP contribution in [0.2, 0.25) is 5.02 Å². The molecule has 4 aromatic rings.